The van der Waals surface area contributed by atoms with E-state index in [1.54, 1.807) is 0 Å². The molecule has 0 amide bonds. The first-order chi connectivity index (χ1) is 9.20. The number of imidazole rings is 1. The van der Waals surface area contributed by atoms with E-state index in [-0.39, 0.29) is 0 Å². The Balaban J connectivity index is 1.72. The number of benzene rings is 1. The normalized spacial score (nSPS) is 29.4. The van der Waals surface area contributed by atoms with Gasteiger partial charge in [0.25, 0.3) is 0 Å². The molecule has 0 saturated heterocycles. The van der Waals surface area contributed by atoms with E-state index in [0.29, 0.717) is 0 Å². The molecule has 0 spiro atoms. The number of halogens is 1. The van der Waals surface area contributed by atoms with Crippen molar-refractivity contribution in [2.45, 2.75) is 32.2 Å². The van der Waals surface area contributed by atoms with Crippen molar-refractivity contribution in [3.05, 3.63) is 28.0 Å². The maximum absolute atomic E-state index is 6.12. The van der Waals surface area contributed by atoms with Crippen molar-refractivity contribution >= 4 is 34.9 Å². The van der Waals surface area contributed by atoms with Crippen molar-refractivity contribution in [1.82, 2.24) is 9.55 Å². The van der Waals surface area contributed by atoms with Gasteiger partial charge in [-0.3, -0.25) is 0 Å². The lowest BCUT2D eigenvalue weighted by Crippen LogP contribution is -2.17. The summed E-state index contributed by atoms with van der Waals surface area (Å²) in [5.41, 5.74) is 2.25. The number of nitrogens with one attached hydrogen (secondary N) is 1. The molecule has 2 nitrogen and oxygen atoms in total. The van der Waals surface area contributed by atoms with Crippen LogP contribution in [0.2, 0.25) is 5.02 Å². The van der Waals surface area contributed by atoms with Crippen molar-refractivity contribution in [1.29, 1.82) is 0 Å². The third kappa shape index (κ3) is 1.95. The van der Waals surface area contributed by atoms with Crippen molar-refractivity contribution < 1.29 is 0 Å². The Morgan fingerprint density at radius 3 is 2.95 bits per heavy atom. The Bertz CT molecular complexity index is 687. The molecule has 100 valence electrons. The second-order valence-corrected chi connectivity index (χ2v) is 6.96. The second kappa shape index (κ2) is 4.35. The Morgan fingerprint density at radius 2 is 2.21 bits per heavy atom. The average Bonchev–Trinajstić information content (AvgIpc) is 3.06. The standard InChI is InChI=1S/C15H17ClN2S/c16-12-3-4-13-14(7-12)18(15(19)17-13)8-11-6-9-1-2-10(11)5-9/h3-4,7,9-11H,1-2,5-6,8H2,(H,17,19). The molecule has 4 heteroatoms. The minimum absolute atomic E-state index is 0.781. The Hall–Kier alpha value is -0.800. The Kier molecular flexibility index (Phi) is 2.75. The van der Waals surface area contributed by atoms with Gasteiger partial charge < -0.3 is 9.55 Å². The minimum Gasteiger partial charge on any atom is -0.331 e. The molecule has 19 heavy (non-hydrogen) atoms. The van der Waals surface area contributed by atoms with Crippen LogP contribution in [0.3, 0.4) is 0 Å². The Morgan fingerprint density at radius 1 is 1.32 bits per heavy atom. The zero-order valence-electron chi connectivity index (χ0n) is 10.7. The summed E-state index contributed by atoms with van der Waals surface area (Å²) in [6.07, 6.45) is 5.71. The maximum atomic E-state index is 6.12. The van der Waals surface area contributed by atoms with E-state index in [2.05, 4.69) is 9.55 Å². The first-order valence-corrected chi connectivity index (χ1v) is 7.87. The molecule has 3 unspecified atom stereocenters. The van der Waals surface area contributed by atoms with Crippen LogP contribution in [-0.4, -0.2) is 9.55 Å². The number of aromatic amines is 1. The zero-order valence-corrected chi connectivity index (χ0v) is 12.3. The summed E-state index contributed by atoms with van der Waals surface area (Å²) < 4.78 is 3.09. The van der Waals surface area contributed by atoms with Crippen LogP contribution in [0.15, 0.2) is 18.2 Å². The van der Waals surface area contributed by atoms with Gasteiger partial charge in [0.2, 0.25) is 0 Å². The van der Waals surface area contributed by atoms with Gasteiger partial charge in [-0.15, -0.1) is 0 Å². The van der Waals surface area contributed by atoms with Crippen LogP contribution in [0.4, 0.5) is 0 Å². The van der Waals surface area contributed by atoms with Gasteiger partial charge in [0.15, 0.2) is 4.77 Å². The molecule has 1 heterocycles. The molecule has 2 fully saturated rings. The molecule has 2 saturated carbocycles. The molecule has 1 aromatic heterocycles. The third-order valence-electron chi connectivity index (χ3n) is 5.04. The highest BCUT2D eigenvalue weighted by molar-refractivity contribution is 7.71. The largest absolute Gasteiger partial charge is 0.331 e. The predicted molar refractivity (Wildman–Crippen MR) is 81.1 cm³/mol. The summed E-state index contributed by atoms with van der Waals surface area (Å²) in [5, 5.41) is 0.781. The molecule has 2 aromatic rings. The van der Waals surface area contributed by atoms with Crippen molar-refractivity contribution in [3.63, 3.8) is 0 Å². The summed E-state index contributed by atoms with van der Waals surface area (Å²) in [6.45, 7) is 1.06. The molecule has 0 radical (unpaired) electrons. The smallest absolute Gasteiger partial charge is 0.178 e. The van der Waals surface area contributed by atoms with Crippen LogP contribution >= 0.6 is 23.8 Å². The van der Waals surface area contributed by atoms with E-state index in [9.17, 15) is 0 Å². The van der Waals surface area contributed by atoms with Gasteiger partial charge in [0.1, 0.15) is 0 Å². The van der Waals surface area contributed by atoms with Crippen molar-refractivity contribution in [2.75, 3.05) is 0 Å². The number of aromatic nitrogens is 2. The van der Waals surface area contributed by atoms with E-state index in [1.165, 1.54) is 25.7 Å². The molecule has 0 aliphatic heterocycles. The lowest BCUT2D eigenvalue weighted by Gasteiger charge is -2.22. The quantitative estimate of drug-likeness (QED) is 0.789. The van der Waals surface area contributed by atoms with Crippen LogP contribution < -0.4 is 0 Å². The number of nitrogens with zero attached hydrogens (tertiary/aromatic N) is 1. The molecule has 3 atom stereocenters. The lowest BCUT2D eigenvalue weighted by atomic mass is 9.89. The highest BCUT2D eigenvalue weighted by Gasteiger charge is 2.39. The molecule has 4 rings (SSSR count). The van der Waals surface area contributed by atoms with Gasteiger partial charge in [0.05, 0.1) is 11.0 Å². The summed E-state index contributed by atoms with van der Waals surface area (Å²) in [4.78, 5) is 3.29. The average molecular weight is 293 g/mol. The van der Waals surface area contributed by atoms with Crippen LogP contribution in [0, 0.1) is 22.5 Å². The van der Waals surface area contributed by atoms with Crippen LogP contribution in [0.1, 0.15) is 25.7 Å². The first kappa shape index (κ1) is 12.0. The van der Waals surface area contributed by atoms with Crippen LogP contribution in [0.5, 0.6) is 0 Å². The highest BCUT2D eigenvalue weighted by Crippen LogP contribution is 2.49. The summed E-state index contributed by atoms with van der Waals surface area (Å²) in [6, 6.07) is 5.96. The number of rotatable bonds is 2. The van der Waals surface area contributed by atoms with Gasteiger partial charge in [-0.2, -0.15) is 0 Å². The van der Waals surface area contributed by atoms with E-state index < -0.39 is 0 Å². The van der Waals surface area contributed by atoms with Gasteiger partial charge in [-0.05, 0) is 67.4 Å². The maximum Gasteiger partial charge on any atom is 0.178 e. The SMILES string of the molecule is S=c1[nH]c2ccc(Cl)cc2n1CC1CC2CCC1C2. The summed E-state index contributed by atoms with van der Waals surface area (Å²) >= 11 is 11.6. The number of fused-ring (bicyclic) bond motifs is 3. The van der Waals surface area contributed by atoms with Gasteiger partial charge >= 0.3 is 0 Å². The van der Waals surface area contributed by atoms with Crippen molar-refractivity contribution in [2.24, 2.45) is 17.8 Å². The van der Waals surface area contributed by atoms with E-state index >= 15 is 0 Å². The molecule has 1 aromatic carbocycles. The van der Waals surface area contributed by atoms with Crippen LogP contribution in [-0.2, 0) is 6.54 Å². The number of hydrogen-bond acceptors (Lipinski definition) is 1. The van der Waals surface area contributed by atoms with E-state index in [4.69, 9.17) is 23.8 Å². The summed E-state index contributed by atoms with van der Waals surface area (Å²) in [7, 11) is 0. The molecule has 1 N–H and O–H groups in total. The van der Waals surface area contributed by atoms with E-state index in [0.717, 1.165) is 45.1 Å². The molecule has 2 aliphatic carbocycles. The van der Waals surface area contributed by atoms with Gasteiger partial charge in [-0.25, -0.2) is 0 Å². The fourth-order valence-electron chi connectivity index (χ4n) is 4.14. The predicted octanol–water partition coefficient (Wildman–Crippen LogP) is 4.79. The first-order valence-electron chi connectivity index (χ1n) is 7.09. The minimum atomic E-state index is 0.781. The summed E-state index contributed by atoms with van der Waals surface area (Å²) in [5.74, 6) is 2.72. The molecule has 2 bridgehead atoms. The molecule has 2 aliphatic rings. The topological polar surface area (TPSA) is 20.7 Å². The molecular weight excluding hydrogens is 276 g/mol. The monoisotopic (exact) mass is 292 g/mol. The number of H-pyrrole nitrogens is 1. The fourth-order valence-corrected chi connectivity index (χ4v) is 4.59. The molecular formula is C15H17ClN2S. The number of hydrogen-bond donors (Lipinski definition) is 1. The lowest BCUT2D eigenvalue weighted by molar-refractivity contribution is 0.297. The van der Waals surface area contributed by atoms with Gasteiger partial charge in [0, 0.05) is 11.6 Å². The van der Waals surface area contributed by atoms with Gasteiger partial charge in [-0.1, -0.05) is 18.0 Å². The zero-order chi connectivity index (χ0) is 13.0. The highest BCUT2D eigenvalue weighted by atomic mass is 35.5. The van der Waals surface area contributed by atoms with Crippen LogP contribution in [0.25, 0.3) is 11.0 Å². The fraction of sp³-hybridized carbons (Fsp3) is 0.533. The third-order valence-corrected chi connectivity index (χ3v) is 5.60. The second-order valence-electron chi connectivity index (χ2n) is 6.14. The Labute approximate surface area is 122 Å². The van der Waals surface area contributed by atoms with E-state index in [1.807, 2.05) is 18.2 Å². The van der Waals surface area contributed by atoms with Crippen molar-refractivity contribution in [3.8, 4) is 0 Å².